The molecular weight excluding hydrogens is 304 g/mol. The molecule has 126 valence electrons. The topological polar surface area (TPSA) is 54.7 Å². The summed E-state index contributed by atoms with van der Waals surface area (Å²) >= 11 is 0. The van der Waals surface area contributed by atoms with E-state index in [0.717, 1.165) is 12.1 Å². The summed E-state index contributed by atoms with van der Waals surface area (Å²) in [5, 5.41) is 3.20. The summed E-state index contributed by atoms with van der Waals surface area (Å²) in [6, 6.07) is 9.28. The van der Waals surface area contributed by atoms with Crippen LogP contribution in [0.25, 0.3) is 0 Å². The Morgan fingerprint density at radius 3 is 2.58 bits per heavy atom. The van der Waals surface area contributed by atoms with Gasteiger partial charge in [-0.15, -0.1) is 0 Å². The Morgan fingerprint density at radius 2 is 2.00 bits per heavy atom. The average Bonchev–Trinajstić information content (AvgIpc) is 3.01. The predicted octanol–water partition coefficient (Wildman–Crippen LogP) is 3.20. The van der Waals surface area contributed by atoms with Crippen LogP contribution < -0.4 is 10.1 Å². The number of piperidine rings is 3. The van der Waals surface area contributed by atoms with E-state index < -0.39 is 0 Å². The number of amides is 1. The number of benzene rings is 1. The maximum Gasteiger partial charge on any atom is 0.290 e. The summed E-state index contributed by atoms with van der Waals surface area (Å²) in [6.45, 7) is 5.28. The minimum Gasteiger partial charge on any atom is -0.434 e. The van der Waals surface area contributed by atoms with E-state index in [1.54, 1.807) is 30.5 Å². The van der Waals surface area contributed by atoms with Crippen molar-refractivity contribution in [3.8, 4) is 11.7 Å². The largest absolute Gasteiger partial charge is 0.434 e. The van der Waals surface area contributed by atoms with Crippen LogP contribution in [-0.2, 0) is 0 Å². The molecule has 3 aliphatic heterocycles. The number of nitrogens with zero attached hydrogens (tertiary/aromatic N) is 1. The van der Waals surface area contributed by atoms with Crippen LogP contribution in [0.2, 0.25) is 0 Å². The highest BCUT2D eigenvalue weighted by Gasteiger charge is 2.34. The lowest BCUT2D eigenvalue weighted by atomic mass is 9.84. The molecule has 0 unspecified atom stereocenters. The van der Waals surface area contributed by atoms with E-state index in [1.807, 2.05) is 13.0 Å². The number of hydrogen-bond donors (Lipinski definition) is 1. The van der Waals surface area contributed by atoms with Gasteiger partial charge in [0, 0.05) is 24.2 Å². The van der Waals surface area contributed by atoms with Gasteiger partial charge in [-0.25, -0.2) is 0 Å². The average molecular weight is 326 g/mol. The van der Waals surface area contributed by atoms with Crippen LogP contribution in [0.15, 0.2) is 41.0 Å². The van der Waals surface area contributed by atoms with Gasteiger partial charge in [0.15, 0.2) is 0 Å². The van der Waals surface area contributed by atoms with E-state index in [1.165, 1.54) is 25.9 Å². The normalized spacial score (nSPS) is 25.5. The maximum atomic E-state index is 12.5. The maximum absolute atomic E-state index is 12.5. The zero-order chi connectivity index (χ0) is 16.5. The Balaban J connectivity index is 1.38. The zero-order valence-electron chi connectivity index (χ0n) is 13.8. The Bertz CT molecular complexity index is 714. The van der Waals surface area contributed by atoms with Crippen LogP contribution in [0.4, 0.5) is 0 Å². The Kier molecular flexibility index (Phi) is 4.02. The fraction of sp³-hybridized carbons (Fsp3) is 0.421. The smallest absolute Gasteiger partial charge is 0.290 e. The number of aryl methyl sites for hydroxylation is 1. The molecule has 1 N–H and O–H groups in total. The Labute approximate surface area is 141 Å². The molecule has 3 saturated heterocycles. The van der Waals surface area contributed by atoms with Gasteiger partial charge in [0.25, 0.3) is 11.9 Å². The lowest BCUT2D eigenvalue weighted by Gasteiger charge is -2.44. The predicted molar refractivity (Wildman–Crippen MR) is 90.4 cm³/mol. The number of hydrogen-bond acceptors (Lipinski definition) is 4. The zero-order valence-corrected chi connectivity index (χ0v) is 13.8. The molecule has 3 aliphatic rings. The molecule has 5 nitrogen and oxygen atoms in total. The van der Waals surface area contributed by atoms with E-state index in [-0.39, 0.29) is 11.9 Å². The summed E-state index contributed by atoms with van der Waals surface area (Å²) in [4.78, 5) is 14.9. The standard InChI is InChI=1S/C19H22N2O3/c1-13-10-18(23-12-13)24-16-4-2-15(3-5-16)19(22)20-17-11-21-8-6-14(17)7-9-21/h2-5,10,12,14,17H,6-9,11H2,1H3,(H,20,22)/t17-/m0/s1. The summed E-state index contributed by atoms with van der Waals surface area (Å²) in [7, 11) is 0. The molecule has 4 heterocycles. The third kappa shape index (κ3) is 3.17. The molecule has 0 spiro atoms. The van der Waals surface area contributed by atoms with Crippen molar-refractivity contribution in [2.75, 3.05) is 19.6 Å². The lowest BCUT2D eigenvalue weighted by molar-refractivity contribution is 0.0620. The van der Waals surface area contributed by atoms with Gasteiger partial charge >= 0.3 is 0 Å². The summed E-state index contributed by atoms with van der Waals surface area (Å²) in [5.74, 6) is 1.73. The van der Waals surface area contributed by atoms with Gasteiger partial charge < -0.3 is 19.4 Å². The second-order valence-electron chi connectivity index (χ2n) is 6.79. The van der Waals surface area contributed by atoms with Gasteiger partial charge in [-0.3, -0.25) is 4.79 Å². The fourth-order valence-corrected chi connectivity index (χ4v) is 3.63. The van der Waals surface area contributed by atoms with Crippen LogP contribution in [0.5, 0.6) is 11.7 Å². The van der Waals surface area contributed by atoms with Crippen molar-refractivity contribution in [2.45, 2.75) is 25.8 Å². The van der Waals surface area contributed by atoms with E-state index in [0.29, 0.717) is 23.2 Å². The Hall–Kier alpha value is -2.27. The van der Waals surface area contributed by atoms with Crippen molar-refractivity contribution in [1.29, 1.82) is 0 Å². The number of rotatable bonds is 4. The van der Waals surface area contributed by atoms with Crippen molar-refractivity contribution >= 4 is 5.91 Å². The molecule has 0 radical (unpaired) electrons. The van der Waals surface area contributed by atoms with Gasteiger partial charge in [0.05, 0.1) is 6.26 Å². The van der Waals surface area contributed by atoms with Crippen molar-refractivity contribution in [1.82, 2.24) is 10.2 Å². The van der Waals surface area contributed by atoms with Crippen molar-refractivity contribution in [3.05, 3.63) is 47.7 Å². The highest BCUT2D eigenvalue weighted by atomic mass is 16.6. The number of nitrogens with one attached hydrogen (secondary N) is 1. The molecule has 2 bridgehead atoms. The molecule has 5 rings (SSSR count). The molecule has 0 saturated carbocycles. The van der Waals surface area contributed by atoms with E-state index >= 15 is 0 Å². The number of furan rings is 1. The first kappa shape index (κ1) is 15.3. The highest BCUT2D eigenvalue weighted by Crippen LogP contribution is 2.28. The fourth-order valence-electron chi connectivity index (χ4n) is 3.63. The van der Waals surface area contributed by atoms with Gasteiger partial charge in [0.2, 0.25) is 0 Å². The van der Waals surface area contributed by atoms with Crippen LogP contribution in [-0.4, -0.2) is 36.5 Å². The molecule has 3 fully saturated rings. The van der Waals surface area contributed by atoms with Gasteiger partial charge in [-0.05, 0) is 68.6 Å². The first-order chi connectivity index (χ1) is 11.7. The van der Waals surface area contributed by atoms with Gasteiger partial charge in [-0.1, -0.05) is 0 Å². The molecule has 1 amide bonds. The minimum absolute atomic E-state index is 0.00542. The molecule has 5 heteroatoms. The first-order valence-corrected chi connectivity index (χ1v) is 8.54. The molecule has 2 aromatic rings. The minimum atomic E-state index is -0.00542. The van der Waals surface area contributed by atoms with E-state index in [4.69, 9.17) is 9.15 Å². The van der Waals surface area contributed by atoms with Crippen LogP contribution in [0.1, 0.15) is 28.8 Å². The molecular formula is C19H22N2O3. The number of carbonyl (C=O) groups is 1. The molecule has 24 heavy (non-hydrogen) atoms. The quantitative estimate of drug-likeness (QED) is 0.937. The Morgan fingerprint density at radius 1 is 1.25 bits per heavy atom. The van der Waals surface area contributed by atoms with Crippen molar-refractivity contribution in [3.63, 3.8) is 0 Å². The molecule has 1 aromatic heterocycles. The van der Waals surface area contributed by atoms with Crippen LogP contribution in [0, 0.1) is 12.8 Å². The molecule has 1 aromatic carbocycles. The van der Waals surface area contributed by atoms with Gasteiger partial charge in [0.1, 0.15) is 5.75 Å². The van der Waals surface area contributed by atoms with Gasteiger partial charge in [-0.2, -0.15) is 0 Å². The van der Waals surface area contributed by atoms with Crippen molar-refractivity contribution in [2.24, 2.45) is 5.92 Å². The number of carbonyl (C=O) groups excluding carboxylic acids is 1. The number of fused-ring (bicyclic) bond motifs is 3. The summed E-state index contributed by atoms with van der Waals surface area (Å²) in [5.41, 5.74) is 1.67. The third-order valence-corrected chi connectivity index (χ3v) is 5.01. The van der Waals surface area contributed by atoms with Crippen LogP contribution >= 0.6 is 0 Å². The molecule has 1 atom stereocenters. The second kappa shape index (κ2) is 6.32. The van der Waals surface area contributed by atoms with E-state index in [9.17, 15) is 4.79 Å². The highest BCUT2D eigenvalue weighted by molar-refractivity contribution is 5.94. The lowest BCUT2D eigenvalue weighted by Crippen LogP contribution is -2.57. The van der Waals surface area contributed by atoms with E-state index in [2.05, 4.69) is 10.2 Å². The number of ether oxygens (including phenoxy) is 1. The molecule has 0 aliphatic carbocycles. The SMILES string of the molecule is Cc1coc(Oc2ccc(C(=O)N[C@H]3CN4CCC3CC4)cc2)c1. The monoisotopic (exact) mass is 326 g/mol. The summed E-state index contributed by atoms with van der Waals surface area (Å²) in [6.07, 6.45) is 4.03. The first-order valence-electron chi connectivity index (χ1n) is 8.54. The van der Waals surface area contributed by atoms with Crippen molar-refractivity contribution < 1.29 is 13.9 Å². The third-order valence-electron chi connectivity index (χ3n) is 5.01. The second-order valence-corrected chi connectivity index (χ2v) is 6.79. The van der Waals surface area contributed by atoms with Crippen LogP contribution in [0.3, 0.4) is 0 Å². The summed E-state index contributed by atoms with van der Waals surface area (Å²) < 4.78 is 10.9.